The Hall–Kier alpha value is -0.790. The van der Waals surface area contributed by atoms with Gasteiger partial charge in [0.05, 0.1) is 17.9 Å². The summed E-state index contributed by atoms with van der Waals surface area (Å²) in [6, 6.07) is 3.34. The first-order valence-corrected chi connectivity index (χ1v) is 6.37. The molecule has 0 spiro atoms. The normalized spacial score (nSPS) is 13.4. The van der Waals surface area contributed by atoms with Crippen LogP contribution in [0.2, 0.25) is 0 Å². The van der Waals surface area contributed by atoms with Crippen molar-refractivity contribution in [1.82, 2.24) is 0 Å². The van der Waals surface area contributed by atoms with Crippen molar-refractivity contribution < 1.29 is 17.9 Å². The van der Waals surface area contributed by atoms with E-state index >= 15 is 0 Å². The van der Waals surface area contributed by atoms with E-state index in [-0.39, 0.29) is 6.04 Å². The van der Waals surface area contributed by atoms with Gasteiger partial charge in [-0.05, 0) is 34.1 Å². The third-order valence-electron chi connectivity index (χ3n) is 2.58. The van der Waals surface area contributed by atoms with Crippen molar-refractivity contribution in [2.24, 2.45) is 5.73 Å². The number of benzene rings is 1. The van der Waals surface area contributed by atoms with Gasteiger partial charge >= 0.3 is 6.18 Å². The van der Waals surface area contributed by atoms with Crippen LogP contribution in [-0.4, -0.2) is 33.4 Å². The van der Waals surface area contributed by atoms with Crippen LogP contribution in [0.3, 0.4) is 0 Å². The first-order valence-electron chi connectivity index (χ1n) is 5.58. The van der Waals surface area contributed by atoms with Gasteiger partial charge in [0.15, 0.2) is 0 Å². The Labute approximate surface area is 118 Å². The molecule has 0 bridgehead atoms. The largest absolute Gasteiger partial charge is 0.416 e. The maximum Gasteiger partial charge on any atom is 0.416 e. The number of halogens is 4. The van der Waals surface area contributed by atoms with Gasteiger partial charge in [-0.15, -0.1) is 0 Å². The van der Waals surface area contributed by atoms with Crippen molar-refractivity contribution in [3.63, 3.8) is 0 Å². The second-order valence-electron chi connectivity index (χ2n) is 4.26. The summed E-state index contributed by atoms with van der Waals surface area (Å²) in [4.78, 5) is 1.79. The van der Waals surface area contributed by atoms with Gasteiger partial charge in [-0.2, -0.15) is 13.2 Å². The summed E-state index contributed by atoms with van der Waals surface area (Å²) in [5, 5.41) is 0. The van der Waals surface area contributed by atoms with Gasteiger partial charge in [0.1, 0.15) is 0 Å². The highest BCUT2D eigenvalue weighted by Gasteiger charge is 2.31. The van der Waals surface area contributed by atoms with Crippen LogP contribution in [0.25, 0.3) is 0 Å². The van der Waals surface area contributed by atoms with Crippen LogP contribution in [-0.2, 0) is 10.9 Å². The Morgan fingerprint density at radius 3 is 2.53 bits per heavy atom. The fourth-order valence-corrected chi connectivity index (χ4v) is 2.39. The molecule has 1 aromatic rings. The van der Waals surface area contributed by atoms with Crippen LogP contribution in [0.15, 0.2) is 22.7 Å². The second kappa shape index (κ2) is 6.58. The number of rotatable bonds is 5. The van der Waals surface area contributed by atoms with Gasteiger partial charge in [0, 0.05) is 31.2 Å². The molecule has 0 heterocycles. The maximum absolute atomic E-state index is 12.5. The predicted molar refractivity (Wildman–Crippen MR) is 72.3 cm³/mol. The first-order chi connectivity index (χ1) is 8.75. The molecule has 1 rings (SSSR count). The Morgan fingerprint density at radius 1 is 1.42 bits per heavy atom. The molecule has 0 aliphatic rings. The van der Waals surface area contributed by atoms with Gasteiger partial charge in [-0.1, -0.05) is 0 Å². The number of methoxy groups -OCH3 is 1. The molecule has 1 atom stereocenters. The molecule has 0 aliphatic heterocycles. The third kappa shape index (κ3) is 4.67. The fourth-order valence-electron chi connectivity index (χ4n) is 1.71. The quantitative estimate of drug-likeness (QED) is 0.895. The lowest BCUT2D eigenvalue weighted by Crippen LogP contribution is -2.38. The minimum Gasteiger partial charge on any atom is -0.383 e. The van der Waals surface area contributed by atoms with Crippen molar-refractivity contribution >= 4 is 21.6 Å². The van der Waals surface area contributed by atoms with Gasteiger partial charge in [-0.25, -0.2) is 0 Å². The third-order valence-corrected chi connectivity index (χ3v) is 3.21. The van der Waals surface area contributed by atoms with Crippen molar-refractivity contribution in [2.45, 2.75) is 12.2 Å². The van der Waals surface area contributed by atoms with E-state index < -0.39 is 11.7 Å². The number of nitrogens with zero attached hydrogens (tertiary/aromatic N) is 1. The monoisotopic (exact) mass is 340 g/mol. The molecule has 1 aromatic carbocycles. The van der Waals surface area contributed by atoms with Crippen LogP contribution in [0.4, 0.5) is 18.9 Å². The molecule has 7 heteroatoms. The number of alkyl halides is 3. The van der Waals surface area contributed by atoms with Gasteiger partial charge in [0.25, 0.3) is 0 Å². The molecular formula is C12H16BrF3N2O. The van der Waals surface area contributed by atoms with E-state index in [2.05, 4.69) is 15.9 Å². The van der Waals surface area contributed by atoms with Gasteiger partial charge in [0.2, 0.25) is 0 Å². The molecule has 0 saturated carbocycles. The molecule has 0 fully saturated rings. The minimum absolute atomic E-state index is 0.204. The summed E-state index contributed by atoms with van der Waals surface area (Å²) in [6.45, 7) is 0.875. The van der Waals surface area contributed by atoms with Gasteiger partial charge in [-0.3, -0.25) is 0 Å². The summed E-state index contributed by atoms with van der Waals surface area (Å²) in [6.07, 6.45) is -4.34. The lowest BCUT2D eigenvalue weighted by atomic mass is 10.2. The molecule has 1 unspecified atom stereocenters. The Morgan fingerprint density at radius 2 is 2.05 bits per heavy atom. The number of likely N-dealkylation sites (N-methyl/N-ethyl adjacent to an activating group) is 1. The number of nitrogens with two attached hydrogens (primary N) is 1. The summed E-state index contributed by atoms with van der Waals surface area (Å²) < 4.78 is 42.9. The topological polar surface area (TPSA) is 38.5 Å². The molecule has 0 saturated heterocycles. The van der Waals surface area contributed by atoms with Crippen LogP contribution in [0.1, 0.15) is 5.56 Å². The van der Waals surface area contributed by atoms with Crippen molar-refractivity contribution in [2.75, 3.05) is 32.2 Å². The summed E-state index contributed by atoms with van der Waals surface area (Å²) in [7, 11) is 3.32. The number of anilines is 1. The Balaban J connectivity index is 2.84. The maximum atomic E-state index is 12.5. The second-order valence-corrected chi connectivity index (χ2v) is 5.11. The molecular weight excluding hydrogens is 325 g/mol. The van der Waals surface area contributed by atoms with Crippen LogP contribution < -0.4 is 10.6 Å². The molecule has 0 amide bonds. The molecule has 0 aromatic heterocycles. The SMILES string of the molecule is COCC(N)CN(C)c1ccc(C(F)(F)F)cc1Br. The highest BCUT2D eigenvalue weighted by molar-refractivity contribution is 9.10. The van der Waals surface area contributed by atoms with Crippen molar-refractivity contribution in [1.29, 1.82) is 0 Å². The van der Waals surface area contributed by atoms with E-state index in [0.29, 0.717) is 23.3 Å². The summed E-state index contributed by atoms with van der Waals surface area (Å²) in [5.74, 6) is 0. The number of ether oxygens (including phenoxy) is 1. The number of hydrogen-bond acceptors (Lipinski definition) is 3. The lowest BCUT2D eigenvalue weighted by Gasteiger charge is -2.24. The lowest BCUT2D eigenvalue weighted by molar-refractivity contribution is -0.137. The summed E-state index contributed by atoms with van der Waals surface area (Å²) in [5.41, 5.74) is 5.78. The predicted octanol–water partition coefficient (Wildman–Crippen LogP) is 2.88. The molecule has 108 valence electrons. The smallest absolute Gasteiger partial charge is 0.383 e. The molecule has 0 radical (unpaired) electrons. The van der Waals surface area contributed by atoms with E-state index in [1.165, 1.54) is 6.07 Å². The zero-order valence-electron chi connectivity index (χ0n) is 10.7. The van der Waals surface area contributed by atoms with Crippen molar-refractivity contribution in [3.8, 4) is 0 Å². The zero-order valence-corrected chi connectivity index (χ0v) is 12.3. The van der Waals surface area contributed by atoms with E-state index in [1.54, 1.807) is 19.1 Å². The van der Waals surface area contributed by atoms with E-state index in [4.69, 9.17) is 10.5 Å². The standard InChI is InChI=1S/C12H16BrF3N2O/c1-18(6-9(17)7-19-2)11-4-3-8(5-10(11)13)12(14,15)16/h3-5,9H,6-7,17H2,1-2H3. The average Bonchev–Trinajstić information content (AvgIpc) is 2.27. The number of hydrogen-bond donors (Lipinski definition) is 1. The highest BCUT2D eigenvalue weighted by Crippen LogP contribution is 2.34. The first kappa shape index (κ1) is 16.3. The average molecular weight is 341 g/mol. The zero-order chi connectivity index (χ0) is 14.6. The minimum atomic E-state index is -4.34. The van der Waals surface area contributed by atoms with Crippen LogP contribution >= 0.6 is 15.9 Å². The Kier molecular flexibility index (Phi) is 5.64. The van der Waals surface area contributed by atoms with Gasteiger partial charge < -0.3 is 15.4 Å². The molecule has 0 aliphatic carbocycles. The molecule has 2 N–H and O–H groups in total. The van der Waals surface area contributed by atoms with Crippen LogP contribution in [0, 0.1) is 0 Å². The van der Waals surface area contributed by atoms with E-state index in [9.17, 15) is 13.2 Å². The molecule has 3 nitrogen and oxygen atoms in total. The fraction of sp³-hybridized carbons (Fsp3) is 0.500. The van der Waals surface area contributed by atoms with Crippen LogP contribution in [0.5, 0.6) is 0 Å². The Bertz CT molecular complexity index is 426. The highest BCUT2D eigenvalue weighted by atomic mass is 79.9. The summed E-state index contributed by atoms with van der Waals surface area (Å²) >= 11 is 3.16. The van der Waals surface area contributed by atoms with E-state index in [1.807, 2.05) is 0 Å². The molecule has 19 heavy (non-hydrogen) atoms. The van der Waals surface area contributed by atoms with Crippen molar-refractivity contribution in [3.05, 3.63) is 28.2 Å². The van der Waals surface area contributed by atoms with E-state index in [0.717, 1.165) is 12.1 Å².